The standard InChI is InChI=1S/C20H17Cl2N3O2/c1-24-9-7-15(11-19(24)26)20(27)25(13-16-4-2-3-8-23-16)12-14-5-6-17(21)18(22)10-14/h2-11H,12-13H2,1H3. The van der Waals surface area contributed by atoms with E-state index in [1.807, 2.05) is 24.3 Å². The Labute approximate surface area is 166 Å². The van der Waals surface area contributed by atoms with Crippen molar-refractivity contribution in [3.8, 4) is 0 Å². The zero-order valence-corrected chi connectivity index (χ0v) is 16.1. The lowest BCUT2D eigenvalue weighted by molar-refractivity contribution is 0.0727. The van der Waals surface area contributed by atoms with Gasteiger partial charge in [-0.25, -0.2) is 0 Å². The van der Waals surface area contributed by atoms with Crippen molar-refractivity contribution in [3.05, 3.63) is 98.1 Å². The second kappa shape index (κ2) is 8.37. The monoisotopic (exact) mass is 401 g/mol. The van der Waals surface area contributed by atoms with Crippen LogP contribution in [0.1, 0.15) is 21.6 Å². The van der Waals surface area contributed by atoms with Gasteiger partial charge in [-0.3, -0.25) is 14.6 Å². The number of nitrogens with zero attached hydrogens (tertiary/aromatic N) is 3. The molecule has 5 nitrogen and oxygen atoms in total. The number of hydrogen-bond acceptors (Lipinski definition) is 3. The van der Waals surface area contributed by atoms with Crippen LogP contribution in [-0.2, 0) is 20.1 Å². The molecule has 0 radical (unpaired) electrons. The highest BCUT2D eigenvalue weighted by Crippen LogP contribution is 2.24. The topological polar surface area (TPSA) is 55.2 Å². The van der Waals surface area contributed by atoms with Gasteiger partial charge in [0.25, 0.3) is 11.5 Å². The molecule has 2 heterocycles. The van der Waals surface area contributed by atoms with Crippen LogP contribution in [0.4, 0.5) is 0 Å². The molecule has 1 aromatic carbocycles. The molecule has 3 aromatic rings. The van der Waals surface area contributed by atoms with Crippen LogP contribution in [0.2, 0.25) is 10.0 Å². The Morgan fingerprint density at radius 2 is 1.89 bits per heavy atom. The molecule has 27 heavy (non-hydrogen) atoms. The number of aryl methyl sites for hydroxylation is 1. The van der Waals surface area contributed by atoms with Crippen molar-refractivity contribution in [1.82, 2.24) is 14.5 Å². The molecule has 0 saturated heterocycles. The van der Waals surface area contributed by atoms with Crippen molar-refractivity contribution in [3.63, 3.8) is 0 Å². The summed E-state index contributed by atoms with van der Waals surface area (Å²) < 4.78 is 1.42. The van der Waals surface area contributed by atoms with E-state index in [1.54, 1.807) is 42.5 Å². The van der Waals surface area contributed by atoms with E-state index in [9.17, 15) is 9.59 Å². The molecule has 0 spiro atoms. The highest BCUT2D eigenvalue weighted by Gasteiger charge is 2.18. The molecule has 0 N–H and O–H groups in total. The summed E-state index contributed by atoms with van der Waals surface area (Å²) in [7, 11) is 1.64. The molecule has 0 saturated carbocycles. The molecule has 0 atom stereocenters. The molecular weight excluding hydrogens is 385 g/mol. The summed E-state index contributed by atoms with van der Waals surface area (Å²) in [5.74, 6) is -0.260. The smallest absolute Gasteiger partial charge is 0.254 e. The summed E-state index contributed by atoms with van der Waals surface area (Å²) in [4.78, 5) is 30.9. The van der Waals surface area contributed by atoms with Crippen molar-refractivity contribution in [2.45, 2.75) is 13.1 Å². The van der Waals surface area contributed by atoms with Gasteiger partial charge in [0, 0.05) is 37.6 Å². The number of carbonyl (C=O) groups excluding carboxylic acids is 1. The third kappa shape index (κ3) is 4.76. The van der Waals surface area contributed by atoms with E-state index in [1.165, 1.54) is 10.6 Å². The maximum Gasteiger partial charge on any atom is 0.254 e. The molecule has 0 fully saturated rings. The fourth-order valence-corrected chi connectivity index (χ4v) is 2.93. The average Bonchev–Trinajstić information content (AvgIpc) is 2.66. The zero-order valence-electron chi connectivity index (χ0n) is 14.6. The molecule has 7 heteroatoms. The first-order valence-electron chi connectivity index (χ1n) is 8.24. The Morgan fingerprint density at radius 1 is 1.07 bits per heavy atom. The normalized spacial score (nSPS) is 10.6. The number of carbonyl (C=O) groups is 1. The van der Waals surface area contributed by atoms with Gasteiger partial charge in [0.15, 0.2) is 0 Å². The second-order valence-electron chi connectivity index (χ2n) is 6.10. The minimum Gasteiger partial charge on any atom is -0.328 e. The van der Waals surface area contributed by atoms with Crippen LogP contribution >= 0.6 is 23.2 Å². The number of rotatable bonds is 5. The summed E-state index contributed by atoms with van der Waals surface area (Å²) >= 11 is 12.1. The Hall–Kier alpha value is -2.63. The van der Waals surface area contributed by atoms with Crippen molar-refractivity contribution in [2.24, 2.45) is 7.05 Å². The van der Waals surface area contributed by atoms with Gasteiger partial charge in [-0.05, 0) is 35.9 Å². The second-order valence-corrected chi connectivity index (χ2v) is 6.91. The lowest BCUT2D eigenvalue weighted by Gasteiger charge is -2.23. The van der Waals surface area contributed by atoms with E-state index in [0.29, 0.717) is 28.7 Å². The fourth-order valence-electron chi connectivity index (χ4n) is 2.61. The first kappa shape index (κ1) is 19.1. The number of benzene rings is 1. The molecule has 0 aliphatic heterocycles. The third-order valence-corrected chi connectivity index (χ3v) is 4.81. The number of hydrogen-bond donors (Lipinski definition) is 0. The van der Waals surface area contributed by atoms with Crippen LogP contribution in [0.5, 0.6) is 0 Å². The highest BCUT2D eigenvalue weighted by atomic mass is 35.5. The van der Waals surface area contributed by atoms with Crippen LogP contribution in [-0.4, -0.2) is 20.4 Å². The van der Waals surface area contributed by atoms with Crippen molar-refractivity contribution in [2.75, 3.05) is 0 Å². The maximum atomic E-state index is 13.1. The lowest BCUT2D eigenvalue weighted by atomic mass is 10.1. The van der Waals surface area contributed by atoms with Gasteiger partial charge in [0.05, 0.1) is 22.3 Å². The first-order valence-corrected chi connectivity index (χ1v) is 8.99. The Morgan fingerprint density at radius 3 is 2.56 bits per heavy atom. The lowest BCUT2D eigenvalue weighted by Crippen LogP contribution is -2.31. The predicted octanol–water partition coefficient (Wildman–Crippen LogP) is 3.93. The van der Waals surface area contributed by atoms with E-state index in [0.717, 1.165) is 11.3 Å². The molecule has 138 valence electrons. The van der Waals surface area contributed by atoms with E-state index in [2.05, 4.69) is 4.98 Å². The number of aromatic nitrogens is 2. The van der Waals surface area contributed by atoms with Crippen LogP contribution in [0.25, 0.3) is 0 Å². The molecule has 0 aliphatic carbocycles. The summed E-state index contributed by atoms with van der Waals surface area (Å²) in [6.07, 6.45) is 3.25. The number of pyridine rings is 2. The van der Waals surface area contributed by atoms with Crippen LogP contribution < -0.4 is 5.56 Å². The summed E-state index contributed by atoms with van der Waals surface area (Å²) in [5.41, 5.74) is 1.66. The van der Waals surface area contributed by atoms with Gasteiger partial charge in [-0.2, -0.15) is 0 Å². The zero-order chi connectivity index (χ0) is 19.4. The van der Waals surface area contributed by atoms with Gasteiger partial charge in [0.2, 0.25) is 0 Å². The fraction of sp³-hybridized carbons (Fsp3) is 0.150. The van der Waals surface area contributed by atoms with Gasteiger partial charge >= 0.3 is 0 Å². The predicted molar refractivity (Wildman–Crippen MR) is 106 cm³/mol. The van der Waals surface area contributed by atoms with Crippen molar-refractivity contribution in [1.29, 1.82) is 0 Å². The Kier molecular flexibility index (Phi) is 5.94. The SMILES string of the molecule is Cn1ccc(C(=O)N(Cc2ccc(Cl)c(Cl)c2)Cc2ccccn2)cc1=O. The Bertz CT molecular complexity index is 1020. The van der Waals surface area contributed by atoms with Crippen LogP contribution in [0.3, 0.4) is 0 Å². The molecular formula is C20H17Cl2N3O2. The van der Waals surface area contributed by atoms with Gasteiger partial charge in [-0.1, -0.05) is 35.3 Å². The molecule has 0 unspecified atom stereocenters. The summed E-state index contributed by atoms with van der Waals surface area (Å²) in [6.45, 7) is 0.608. The van der Waals surface area contributed by atoms with Gasteiger partial charge in [0.1, 0.15) is 0 Å². The summed E-state index contributed by atoms with van der Waals surface area (Å²) in [6, 6.07) is 13.7. The van der Waals surface area contributed by atoms with Crippen LogP contribution in [0, 0.1) is 0 Å². The van der Waals surface area contributed by atoms with Crippen molar-refractivity contribution < 1.29 is 4.79 Å². The molecule has 1 amide bonds. The molecule has 3 rings (SSSR count). The third-order valence-electron chi connectivity index (χ3n) is 4.07. The average molecular weight is 402 g/mol. The first-order chi connectivity index (χ1) is 12.9. The molecule has 0 bridgehead atoms. The number of halogens is 2. The molecule has 2 aromatic heterocycles. The van der Waals surface area contributed by atoms with E-state index >= 15 is 0 Å². The number of amides is 1. The quantitative estimate of drug-likeness (QED) is 0.650. The Balaban J connectivity index is 1.92. The highest BCUT2D eigenvalue weighted by molar-refractivity contribution is 6.42. The van der Waals surface area contributed by atoms with Gasteiger partial charge < -0.3 is 9.47 Å². The summed E-state index contributed by atoms with van der Waals surface area (Å²) in [5, 5.41) is 0.877. The largest absolute Gasteiger partial charge is 0.328 e. The van der Waals surface area contributed by atoms with Crippen molar-refractivity contribution >= 4 is 29.1 Å². The minimum atomic E-state index is -0.260. The minimum absolute atomic E-state index is 0.242. The van der Waals surface area contributed by atoms with E-state index in [4.69, 9.17) is 23.2 Å². The van der Waals surface area contributed by atoms with E-state index < -0.39 is 0 Å². The van der Waals surface area contributed by atoms with E-state index in [-0.39, 0.29) is 11.5 Å². The van der Waals surface area contributed by atoms with Crippen LogP contribution in [0.15, 0.2) is 65.7 Å². The van der Waals surface area contributed by atoms with Gasteiger partial charge in [-0.15, -0.1) is 0 Å². The maximum absolute atomic E-state index is 13.1. The molecule has 0 aliphatic rings.